The minimum atomic E-state index is 0.948. The first-order chi connectivity index (χ1) is 14.7. The first kappa shape index (κ1) is 19.9. The molecule has 1 aliphatic heterocycles. The van der Waals surface area contributed by atoms with E-state index in [0.717, 1.165) is 13.1 Å². The highest BCUT2D eigenvalue weighted by Crippen LogP contribution is 2.30. The molecule has 0 unspecified atom stereocenters. The Labute approximate surface area is 179 Å². The van der Waals surface area contributed by atoms with Gasteiger partial charge in [0.15, 0.2) is 6.20 Å². The molecule has 2 aromatic carbocycles. The van der Waals surface area contributed by atoms with Crippen LogP contribution >= 0.6 is 0 Å². The first-order valence-corrected chi connectivity index (χ1v) is 10.7. The van der Waals surface area contributed by atoms with Crippen LogP contribution in [0.5, 0.6) is 0 Å². The van der Waals surface area contributed by atoms with Gasteiger partial charge in [-0.3, -0.25) is 0 Å². The molecule has 0 amide bonds. The third-order valence-electron chi connectivity index (χ3n) is 5.60. The smallest absolute Gasteiger partial charge is 0.213 e. The van der Waals surface area contributed by atoms with E-state index in [1.807, 2.05) is 0 Å². The Hall–Kier alpha value is -3.39. The van der Waals surface area contributed by atoms with Crippen molar-refractivity contribution in [2.75, 3.05) is 11.4 Å². The molecule has 2 nitrogen and oxygen atoms in total. The van der Waals surface area contributed by atoms with Crippen LogP contribution in [0, 0.1) is 6.92 Å². The summed E-state index contributed by atoms with van der Waals surface area (Å²) in [7, 11) is 0. The molecule has 30 heavy (non-hydrogen) atoms. The zero-order valence-corrected chi connectivity index (χ0v) is 18.0. The summed E-state index contributed by atoms with van der Waals surface area (Å²) in [4.78, 5) is 2.35. The lowest BCUT2D eigenvalue weighted by molar-refractivity contribution is -0.667. The average Bonchev–Trinajstić information content (AvgIpc) is 2.78. The second-order valence-corrected chi connectivity index (χ2v) is 7.55. The molecule has 0 bridgehead atoms. The van der Waals surface area contributed by atoms with E-state index >= 15 is 0 Å². The van der Waals surface area contributed by atoms with Crippen molar-refractivity contribution in [3.63, 3.8) is 0 Å². The van der Waals surface area contributed by atoms with Gasteiger partial charge in [-0.1, -0.05) is 60.2 Å². The van der Waals surface area contributed by atoms with Crippen LogP contribution in [0.4, 0.5) is 5.69 Å². The van der Waals surface area contributed by atoms with Crippen LogP contribution in [-0.4, -0.2) is 6.54 Å². The molecule has 0 atom stereocenters. The SMILES string of the molecule is CCN1C(=CC=CC=Cc2cc[n+](CC)c3ccc(C)cc23)C=Cc2ccccc21. The lowest BCUT2D eigenvalue weighted by Crippen LogP contribution is -2.32. The van der Waals surface area contributed by atoms with Crippen LogP contribution in [0.15, 0.2) is 90.8 Å². The van der Waals surface area contributed by atoms with E-state index in [9.17, 15) is 0 Å². The number of para-hydroxylation sites is 1. The van der Waals surface area contributed by atoms with Gasteiger partial charge in [0.05, 0.1) is 5.39 Å². The fourth-order valence-corrected chi connectivity index (χ4v) is 4.05. The quantitative estimate of drug-likeness (QED) is 0.356. The topological polar surface area (TPSA) is 7.12 Å². The summed E-state index contributed by atoms with van der Waals surface area (Å²) < 4.78 is 2.29. The molecular weight excluding hydrogens is 364 g/mol. The maximum Gasteiger partial charge on any atom is 0.213 e. The van der Waals surface area contributed by atoms with Crippen molar-refractivity contribution in [2.24, 2.45) is 0 Å². The number of likely N-dealkylation sites (N-methyl/N-ethyl adjacent to an activating group) is 1. The van der Waals surface area contributed by atoms with Crippen molar-refractivity contribution in [2.45, 2.75) is 27.3 Å². The number of aromatic nitrogens is 1. The fraction of sp³-hybridized carbons (Fsp3) is 0.179. The molecule has 0 saturated heterocycles. The maximum absolute atomic E-state index is 2.35. The summed E-state index contributed by atoms with van der Waals surface area (Å²) in [5.74, 6) is 0. The molecule has 150 valence electrons. The van der Waals surface area contributed by atoms with E-state index in [1.54, 1.807) is 0 Å². The number of fused-ring (bicyclic) bond motifs is 2. The predicted molar refractivity (Wildman–Crippen MR) is 129 cm³/mol. The summed E-state index contributed by atoms with van der Waals surface area (Å²) in [6.07, 6.45) is 17.3. The Morgan fingerprint density at radius 1 is 0.933 bits per heavy atom. The van der Waals surface area contributed by atoms with Gasteiger partial charge in [-0.25, -0.2) is 0 Å². The molecule has 0 aliphatic carbocycles. The molecular formula is C28H29N2+. The highest BCUT2D eigenvalue weighted by atomic mass is 15.1. The van der Waals surface area contributed by atoms with Gasteiger partial charge >= 0.3 is 0 Å². The Bertz CT molecular complexity index is 1180. The zero-order chi connectivity index (χ0) is 20.9. The number of allylic oxidation sites excluding steroid dienone is 5. The van der Waals surface area contributed by atoms with Gasteiger partial charge in [0.2, 0.25) is 5.52 Å². The second kappa shape index (κ2) is 8.96. The Morgan fingerprint density at radius 3 is 2.63 bits per heavy atom. The molecule has 0 radical (unpaired) electrons. The molecule has 0 saturated carbocycles. The molecule has 0 spiro atoms. The fourth-order valence-electron chi connectivity index (χ4n) is 4.05. The van der Waals surface area contributed by atoms with Crippen LogP contribution in [0.3, 0.4) is 0 Å². The second-order valence-electron chi connectivity index (χ2n) is 7.55. The standard InChI is InChI=1S/C28H29N2/c1-4-29-20-19-23(26-21-22(3)15-18-28(26)29)11-7-6-8-13-25-17-16-24-12-9-10-14-27(24)30(25)5-2/h6-21H,4-5H2,1-3H3/q+1. The minimum Gasteiger partial charge on any atom is -0.341 e. The van der Waals surface area contributed by atoms with Gasteiger partial charge in [-0.05, 0) is 56.2 Å². The third-order valence-corrected chi connectivity index (χ3v) is 5.60. The van der Waals surface area contributed by atoms with Crippen LogP contribution in [0.1, 0.15) is 30.5 Å². The normalized spacial score (nSPS) is 15.0. The number of hydrogen-bond donors (Lipinski definition) is 0. The van der Waals surface area contributed by atoms with Gasteiger partial charge in [0.1, 0.15) is 6.54 Å². The lowest BCUT2D eigenvalue weighted by Gasteiger charge is -2.29. The monoisotopic (exact) mass is 393 g/mol. The summed E-state index contributed by atoms with van der Waals surface area (Å²) >= 11 is 0. The van der Waals surface area contributed by atoms with Crippen molar-refractivity contribution in [3.8, 4) is 0 Å². The Balaban J connectivity index is 1.56. The van der Waals surface area contributed by atoms with Crippen LogP contribution in [0.2, 0.25) is 0 Å². The number of anilines is 1. The Kier molecular flexibility index (Phi) is 5.94. The molecule has 1 aliphatic rings. The van der Waals surface area contributed by atoms with Gasteiger partial charge in [-0.2, -0.15) is 4.57 Å². The predicted octanol–water partition coefficient (Wildman–Crippen LogP) is 6.46. The molecule has 2 heterocycles. The molecule has 1 aromatic heterocycles. The van der Waals surface area contributed by atoms with E-state index in [0.29, 0.717) is 0 Å². The number of nitrogens with zero attached hydrogens (tertiary/aromatic N) is 2. The van der Waals surface area contributed by atoms with Gasteiger partial charge < -0.3 is 4.90 Å². The zero-order valence-electron chi connectivity index (χ0n) is 18.0. The van der Waals surface area contributed by atoms with E-state index in [1.165, 1.54) is 39.0 Å². The average molecular weight is 394 g/mol. The Morgan fingerprint density at radius 2 is 1.80 bits per heavy atom. The van der Waals surface area contributed by atoms with Crippen molar-refractivity contribution in [1.29, 1.82) is 0 Å². The van der Waals surface area contributed by atoms with Crippen molar-refractivity contribution >= 4 is 28.7 Å². The van der Waals surface area contributed by atoms with Crippen molar-refractivity contribution < 1.29 is 4.57 Å². The van der Waals surface area contributed by atoms with Crippen LogP contribution in [0.25, 0.3) is 23.1 Å². The van der Waals surface area contributed by atoms with E-state index in [-0.39, 0.29) is 0 Å². The first-order valence-electron chi connectivity index (χ1n) is 10.7. The van der Waals surface area contributed by atoms with Gasteiger partial charge in [0, 0.05) is 30.1 Å². The number of rotatable bonds is 5. The highest BCUT2D eigenvalue weighted by Gasteiger charge is 2.14. The number of aryl methyl sites for hydroxylation is 2. The number of pyridine rings is 1. The van der Waals surface area contributed by atoms with Crippen molar-refractivity contribution in [3.05, 3.63) is 107 Å². The summed E-state index contributed by atoms with van der Waals surface area (Å²) in [5, 5.41) is 1.30. The summed E-state index contributed by atoms with van der Waals surface area (Å²) in [6, 6.07) is 17.4. The number of benzene rings is 2. The molecule has 4 rings (SSSR count). The lowest BCUT2D eigenvalue weighted by atomic mass is 10.1. The largest absolute Gasteiger partial charge is 0.341 e. The van der Waals surface area contributed by atoms with Gasteiger partial charge in [0.25, 0.3) is 0 Å². The van der Waals surface area contributed by atoms with Crippen LogP contribution in [-0.2, 0) is 6.54 Å². The van der Waals surface area contributed by atoms with Gasteiger partial charge in [-0.15, -0.1) is 0 Å². The molecule has 2 heteroatoms. The maximum atomic E-state index is 2.35. The summed E-state index contributed by atoms with van der Waals surface area (Å²) in [6.45, 7) is 8.45. The molecule has 0 N–H and O–H groups in total. The van der Waals surface area contributed by atoms with E-state index in [2.05, 4.69) is 127 Å². The van der Waals surface area contributed by atoms with Crippen LogP contribution < -0.4 is 9.47 Å². The highest BCUT2D eigenvalue weighted by molar-refractivity contribution is 5.86. The molecule has 3 aromatic rings. The molecule has 0 fully saturated rings. The van der Waals surface area contributed by atoms with E-state index in [4.69, 9.17) is 0 Å². The van der Waals surface area contributed by atoms with E-state index < -0.39 is 0 Å². The minimum absolute atomic E-state index is 0.948. The number of hydrogen-bond acceptors (Lipinski definition) is 1. The third kappa shape index (κ3) is 3.99. The van der Waals surface area contributed by atoms with Crippen molar-refractivity contribution in [1.82, 2.24) is 0 Å². The summed E-state index contributed by atoms with van der Waals surface area (Å²) in [5.41, 5.74) is 7.57.